The van der Waals surface area contributed by atoms with Gasteiger partial charge in [-0.3, -0.25) is 0 Å². The first-order chi connectivity index (χ1) is 11.6. The van der Waals surface area contributed by atoms with Crippen LogP contribution in [-0.2, 0) is 6.42 Å². The number of ether oxygens (including phenoxy) is 1. The molecule has 0 fully saturated rings. The molecular weight excluding hydrogens is 316 g/mol. The number of hydrogen-bond acceptors (Lipinski definition) is 2. The zero-order valence-electron chi connectivity index (χ0n) is 14.6. The maximum Gasteiger partial charge on any atom is 0.170 e. The lowest BCUT2D eigenvalue weighted by atomic mass is 9.99. The van der Waals surface area contributed by atoms with E-state index in [1.54, 1.807) is 7.11 Å². The molecule has 2 aromatic rings. The van der Waals surface area contributed by atoms with Crippen LogP contribution in [0.25, 0.3) is 0 Å². The summed E-state index contributed by atoms with van der Waals surface area (Å²) < 4.78 is 5.16. The zero-order chi connectivity index (χ0) is 17.4. The minimum absolute atomic E-state index is 0.591. The molecule has 0 saturated carbocycles. The van der Waals surface area contributed by atoms with Gasteiger partial charge in [-0.05, 0) is 66.4 Å². The Morgan fingerprint density at radius 3 is 2.33 bits per heavy atom. The molecule has 0 bridgehead atoms. The lowest BCUT2D eigenvalue weighted by molar-refractivity contribution is 0.414. The molecule has 0 saturated heterocycles. The maximum atomic E-state index is 5.36. The van der Waals surface area contributed by atoms with E-state index in [1.165, 1.54) is 11.1 Å². The minimum atomic E-state index is 0.591. The molecule has 0 aliphatic carbocycles. The maximum absolute atomic E-state index is 5.36. The van der Waals surface area contributed by atoms with Crippen molar-refractivity contribution in [1.82, 2.24) is 5.32 Å². The standard InChI is InChI=1S/C20H26N2OS/c1-4-15(2)17-7-9-18(10-8-17)22-20(24)21-14-13-16-5-11-19(23-3)12-6-16/h5-12,15H,4,13-14H2,1-3H3,(H2,21,22,24). The van der Waals surface area contributed by atoms with Crippen molar-refractivity contribution < 1.29 is 4.74 Å². The van der Waals surface area contributed by atoms with E-state index in [4.69, 9.17) is 17.0 Å². The van der Waals surface area contributed by atoms with Crippen LogP contribution < -0.4 is 15.4 Å². The molecule has 2 aromatic carbocycles. The quantitative estimate of drug-likeness (QED) is 0.712. The van der Waals surface area contributed by atoms with Crippen LogP contribution >= 0.6 is 12.2 Å². The summed E-state index contributed by atoms with van der Waals surface area (Å²) in [6.45, 7) is 5.25. The molecular formula is C20H26N2OS. The molecule has 128 valence electrons. The normalized spacial score (nSPS) is 11.6. The third-order valence-electron chi connectivity index (χ3n) is 4.21. The molecule has 0 spiro atoms. The van der Waals surface area contributed by atoms with Crippen molar-refractivity contribution in [2.75, 3.05) is 19.0 Å². The number of methoxy groups -OCH3 is 1. The Kier molecular flexibility index (Phi) is 7.07. The largest absolute Gasteiger partial charge is 0.497 e. The van der Waals surface area contributed by atoms with E-state index in [0.29, 0.717) is 11.0 Å². The summed E-state index contributed by atoms with van der Waals surface area (Å²) in [6.07, 6.45) is 2.07. The average molecular weight is 343 g/mol. The Labute approximate surface area is 150 Å². The highest BCUT2D eigenvalue weighted by Gasteiger charge is 2.03. The van der Waals surface area contributed by atoms with Crippen molar-refractivity contribution in [2.24, 2.45) is 0 Å². The molecule has 0 radical (unpaired) electrons. The zero-order valence-corrected chi connectivity index (χ0v) is 15.5. The van der Waals surface area contributed by atoms with Gasteiger partial charge >= 0.3 is 0 Å². The van der Waals surface area contributed by atoms with Crippen molar-refractivity contribution >= 4 is 23.0 Å². The number of nitrogens with one attached hydrogen (secondary N) is 2. The Balaban J connectivity index is 1.76. The van der Waals surface area contributed by atoms with Crippen LogP contribution in [0.1, 0.15) is 37.3 Å². The van der Waals surface area contributed by atoms with Crippen molar-refractivity contribution in [3.63, 3.8) is 0 Å². The van der Waals surface area contributed by atoms with Crippen LogP contribution in [-0.4, -0.2) is 18.8 Å². The Morgan fingerprint density at radius 1 is 1.08 bits per heavy atom. The third-order valence-corrected chi connectivity index (χ3v) is 4.45. The second-order valence-electron chi connectivity index (χ2n) is 5.91. The minimum Gasteiger partial charge on any atom is -0.497 e. The molecule has 0 aromatic heterocycles. The van der Waals surface area contributed by atoms with Crippen LogP contribution in [0, 0.1) is 0 Å². The predicted molar refractivity (Wildman–Crippen MR) is 106 cm³/mol. The van der Waals surface area contributed by atoms with E-state index >= 15 is 0 Å². The second-order valence-corrected chi connectivity index (χ2v) is 6.32. The molecule has 0 heterocycles. The Bertz CT molecular complexity index is 638. The number of rotatable bonds is 7. The van der Waals surface area contributed by atoms with Crippen LogP contribution in [0.2, 0.25) is 0 Å². The molecule has 2 rings (SSSR count). The van der Waals surface area contributed by atoms with E-state index in [1.807, 2.05) is 12.1 Å². The summed E-state index contributed by atoms with van der Waals surface area (Å²) in [5.74, 6) is 1.47. The molecule has 1 atom stereocenters. The fraction of sp³-hybridized carbons (Fsp3) is 0.350. The number of hydrogen-bond donors (Lipinski definition) is 2. The van der Waals surface area contributed by atoms with Crippen LogP contribution in [0.15, 0.2) is 48.5 Å². The summed E-state index contributed by atoms with van der Waals surface area (Å²) in [6, 6.07) is 16.6. The summed E-state index contributed by atoms with van der Waals surface area (Å²) >= 11 is 5.36. The Hall–Kier alpha value is -2.07. The summed E-state index contributed by atoms with van der Waals surface area (Å²) in [7, 11) is 1.68. The highest BCUT2D eigenvalue weighted by atomic mass is 32.1. The SMILES string of the molecule is CCC(C)c1ccc(NC(=S)NCCc2ccc(OC)cc2)cc1. The van der Waals surface area contributed by atoms with E-state index < -0.39 is 0 Å². The molecule has 3 nitrogen and oxygen atoms in total. The van der Waals surface area contributed by atoms with Gasteiger partial charge in [0.15, 0.2) is 5.11 Å². The van der Waals surface area contributed by atoms with Gasteiger partial charge in [0, 0.05) is 12.2 Å². The van der Waals surface area contributed by atoms with Crippen LogP contribution in [0.3, 0.4) is 0 Å². The fourth-order valence-electron chi connectivity index (χ4n) is 2.42. The number of thiocarbonyl (C=S) groups is 1. The predicted octanol–water partition coefficient (Wildman–Crippen LogP) is 4.74. The lowest BCUT2D eigenvalue weighted by Crippen LogP contribution is -2.30. The van der Waals surface area contributed by atoms with Crippen molar-refractivity contribution in [2.45, 2.75) is 32.6 Å². The van der Waals surface area contributed by atoms with E-state index in [0.717, 1.165) is 30.8 Å². The molecule has 24 heavy (non-hydrogen) atoms. The van der Waals surface area contributed by atoms with Crippen LogP contribution in [0.4, 0.5) is 5.69 Å². The van der Waals surface area contributed by atoms with Crippen molar-refractivity contribution in [1.29, 1.82) is 0 Å². The first-order valence-corrected chi connectivity index (χ1v) is 8.81. The van der Waals surface area contributed by atoms with Gasteiger partial charge in [0.1, 0.15) is 5.75 Å². The Morgan fingerprint density at radius 2 is 1.75 bits per heavy atom. The van der Waals surface area contributed by atoms with Gasteiger partial charge in [-0.25, -0.2) is 0 Å². The van der Waals surface area contributed by atoms with E-state index in [-0.39, 0.29) is 0 Å². The number of anilines is 1. The topological polar surface area (TPSA) is 33.3 Å². The molecule has 0 aliphatic rings. The molecule has 2 N–H and O–H groups in total. The van der Waals surface area contributed by atoms with Crippen molar-refractivity contribution in [3.8, 4) is 5.75 Å². The first-order valence-electron chi connectivity index (χ1n) is 8.40. The van der Waals surface area contributed by atoms with Gasteiger partial charge in [0.25, 0.3) is 0 Å². The monoisotopic (exact) mass is 342 g/mol. The molecule has 1 unspecified atom stereocenters. The van der Waals surface area contributed by atoms with E-state index in [2.05, 4.69) is 60.9 Å². The van der Waals surface area contributed by atoms with Crippen LogP contribution in [0.5, 0.6) is 5.75 Å². The fourth-order valence-corrected chi connectivity index (χ4v) is 2.64. The summed E-state index contributed by atoms with van der Waals surface area (Å²) in [5, 5.41) is 7.13. The van der Waals surface area contributed by atoms with Gasteiger partial charge in [0.2, 0.25) is 0 Å². The van der Waals surface area contributed by atoms with Gasteiger partial charge in [-0.2, -0.15) is 0 Å². The van der Waals surface area contributed by atoms with Gasteiger partial charge in [-0.1, -0.05) is 38.1 Å². The molecule has 0 aliphatic heterocycles. The molecule has 0 amide bonds. The van der Waals surface area contributed by atoms with Crippen molar-refractivity contribution in [3.05, 3.63) is 59.7 Å². The second kappa shape index (κ2) is 9.28. The lowest BCUT2D eigenvalue weighted by Gasteiger charge is -2.13. The smallest absolute Gasteiger partial charge is 0.170 e. The van der Waals surface area contributed by atoms with E-state index in [9.17, 15) is 0 Å². The third kappa shape index (κ3) is 5.53. The van der Waals surface area contributed by atoms with Gasteiger partial charge in [-0.15, -0.1) is 0 Å². The first kappa shape index (κ1) is 18.3. The highest BCUT2D eigenvalue weighted by molar-refractivity contribution is 7.80. The number of benzene rings is 2. The summed E-state index contributed by atoms with van der Waals surface area (Å²) in [5.41, 5.74) is 3.63. The van der Waals surface area contributed by atoms with Gasteiger partial charge < -0.3 is 15.4 Å². The molecule has 4 heteroatoms. The summed E-state index contributed by atoms with van der Waals surface area (Å²) in [4.78, 5) is 0. The average Bonchev–Trinajstić information content (AvgIpc) is 2.62. The highest BCUT2D eigenvalue weighted by Crippen LogP contribution is 2.20. The van der Waals surface area contributed by atoms with Gasteiger partial charge in [0.05, 0.1) is 7.11 Å².